The van der Waals surface area contributed by atoms with Gasteiger partial charge in [0, 0.05) is 26.5 Å². The standard InChI is InChI=1S/C9H19N5O2S/c1-13(2)5-6-17-9-10-11-12-14(9)7-8(15-3)16-4/h8H,5-7H2,1-4H3. The first kappa shape index (κ1) is 14.4. The fourth-order valence-corrected chi connectivity index (χ4v) is 2.11. The third kappa shape index (κ3) is 4.99. The lowest BCUT2D eigenvalue weighted by atomic mass is 10.6. The Morgan fingerprint density at radius 1 is 1.35 bits per heavy atom. The summed E-state index contributed by atoms with van der Waals surface area (Å²) in [6.45, 7) is 1.47. The maximum absolute atomic E-state index is 5.11. The first-order chi connectivity index (χ1) is 8.17. The number of thioether (sulfide) groups is 1. The molecule has 0 fully saturated rings. The maximum atomic E-state index is 5.11. The van der Waals surface area contributed by atoms with Crippen LogP contribution >= 0.6 is 11.8 Å². The summed E-state index contributed by atoms with van der Waals surface area (Å²) < 4.78 is 11.9. The number of aromatic nitrogens is 4. The number of hydrogen-bond acceptors (Lipinski definition) is 7. The molecule has 1 aromatic rings. The van der Waals surface area contributed by atoms with Crippen LogP contribution in [0.5, 0.6) is 0 Å². The maximum Gasteiger partial charge on any atom is 0.209 e. The zero-order valence-corrected chi connectivity index (χ0v) is 11.5. The normalized spacial score (nSPS) is 11.6. The molecule has 0 unspecified atom stereocenters. The highest BCUT2D eigenvalue weighted by Gasteiger charge is 2.12. The van der Waals surface area contributed by atoms with Crippen LogP contribution in [0.15, 0.2) is 5.16 Å². The minimum atomic E-state index is -0.327. The first-order valence-corrected chi connectivity index (χ1v) is 6.25. The average Bonchev–Trinajstić information content (AvgIpc) is 2.73. The summed E-state index contributed by atoms with van der Waals surface area (Å²) in [7, 11) is 7.26. The van der Waals surface area contributed by atoms with E-state index in [-0.39, 0.29) is 6.29 Å². The Balaban J connectivity index is 2.47. The lowest BCUT2D eigenvalue weighted by Crippen LogP contribution is -2.22. The highest BCUT2D eigenvalue weighted by atomic mass is 32.2. The topological polar surface area (TPSA) is 65.3 Å². The Hall–Kier alpha value is -0.700. The molecule has 0 aliphatic heterocycles. The van der Waals surface area contributed by atoms with Crippen LogP contribution in [0, 0.1) is 0 Å². The third-order valence-electron chi connectivity index (χ3n) is 2.12. The van der Waals surface area contributed by atoms with Gasteiger partial charge in [0.2, 0.25) is 5.16 Å². The fraction of sp³-hybridized carbons (Fsp3) is 0.889. The van der Waals surface area contributed by atoms with Gasteiger partial charge in [-0.2, -0.15) is 0 Å². The van der Waals surface area contributed by atoms with Crippen molar-refractivity contribution in [1.29, 1.82) is 0 Å². The number of ether oxygens (including phenoxy) is 2. The van der Waals surface area contributed by atoms with Gasteiger partial charge in [0.15, 0.2) is 6.29 Å². The number of tetrazole rings is 1. The zero-order valence-electron chi connectivity index (χ0n) is 10.7. The van der Waals surface area contributed by atoms with Crippen molar-refractivity contribution >= 4 is 11.8 Å². The van der Waals surface area contributed by atoms with Gasteiger partial charge in [-0.3, -0.25) is 0 Å². The molecule has 1 aromatic heterocycles. The Morgan fingerprint density at radius 2 is 2.06 bits per heavy atom. The van der Waals surface area contributed by atoms with Crippen molar-refractivity contribution in [1.82, 2.24) is 25.1 Å². The SMILES string of the molecule is COC(Cn1nnnc1SCCN(C)C)OC. The second kappa shape index (κ2) is 7.59. The molecule has 0 bridgehead atoms. The van der Waals surface area contributed by atoms with Crippen molar-refractivity contribution in [2.24, 2.45) is 0 Å². The van der Waals surface area contributed by atoms with Crippen LogP contribution in [0.2, 0.25) is 0 Å². The minimum absolute atomic E-state index is 0.327. The van der Waals surface area contributed by atoms with Gasteiger partial charge in [0.05, 0.1) is 6.54 Å². The quantitative estimate of drug-likeness (QED) is 0.480. The predicted octanol–water partition coefficient (Wildman–Crippen LogP) is -0.0543. The summed E-state index contributed by atoms with van der Waals surface area (Å²) in [4.78, 5) is 2.12. The smallest absolute Gasteiger partial charge is 0.209 e. The molecule has 8 heteroatoms. The molecule has 0 aliphatic carbocycles. The Bertz CT molecular complexity index is 316. The molecule has 0 aliphatic rings. The molecule has 0 amide bonds. The molecule has 7 nitrogen and oxygen atoms in total. The van der Waals surface area contributed by atoms with Crippen molar-refractivity contribution in [3.63, 3.8) is 0 Å². The van der Waals surface area contributed by atoms with Crippen molar-refractivity contribution < 1.29 is 9.47 Å². The number of nitrogens with zero attached hydrogens (tertiary/aromatic N) is 5. The van der Waals surface area contributed by atoms with E-state index in [1.807, 2.05) is 14.1 Å². The Kier molecular flexibility index (Phi) is 6.41. The van der Waals surface area contributed by atoms with Crippen molar-refractivity contribution in [3.05, 3.63) is 0 Å². The number of hydrogen-bond donors (Lipinski definition) is 0. The van der Waals surface area contributed by atoms with Gasteiger partial charge < -0.3 is 14.4 Å². The second-order valence-electron chi connectivity index (χ2n) is 3.70. The van der Waals surface area contributed by atoms with Crippen molar-refractivity contribution in [3.8, 4) is 0 Å². The van der Waals surface area contributed by atoms with Crippen LogP contribution < -0.4 is 0 Å². The lowest BCUT2D eigenvalue weighted by molar-refractivity contribution is -0.113. The summed E-state index contributed by atoms with van der Waals surface area (Å²) >= 11 is 1.62. The molecular formula is C9H19N5O2S. The largest absolute Gasteiger partial charge is 0.354 e. The predicted molar refractivity (Wildman–Crippen MR) is 64.9 cm³/mol. The number of rotatable bonds is 8. The molecule has 0 radical (unpaired) electrons. The molecule has 0 aromatic carbocycles. The zero-order chi connectivity index (χ0) is 12.7. The fourth-order valence-electron chi connectivity index (χ4n) is 1.12. The molecule has 1 rings (SSSR count). The molecule has 0 atom stereocenters. The summed E-state index contributed by atoms with van der Waals surface area (Å²) in [6, 6.07) is 0. The van der Waals surface area contributed by atoms with Crippen LogP contribution in [-0.4, -0.2) is 72.0 Å². The van der Waals surface area contributed by atoms with Crippen LogP contribution in [0.4, 0.5) is 0 Å². The Morgan fingerprint density at radius 3 is 2.65 bits per heavy atom. The van der Waals surface area contributed by atoms with E-state index >= 15 is 0 Å². The molecule has 0 N–H and O–H groups in total. The van der Waals surface area contributed by atoms with Crippen LogP contribution in [0.1, 0.15) is 0 Å². The summed E-state index contributed by atoms with van der Waals surface area (Å²) in [5.41, 5.74) is 0. The molecule has 98 valence electrons. The van der Waals surface area contributed by atoms with Crippen molar-refractivity contribution in [2.75, 3.05) is 40.6 Å². The second-order valence-corrected chi connectivity index (χ2v) is 4.76. The third-order valence-corrected chi connectivity index (χ3v) is 3.05. The average molecular weight is 261 g/mol. The molecule has 1 heterocycles. The first-order valence-electron chi connectivity index (χ1n) is 5.26. The highest BCUT2D eigenvalue weighted by molar-refractivity contribution is 7.99. The summed E-state index contributed by atoms with van der Waals surface area (Å²) in [6.07, 6.45) is -0.327. The monoisotopic (exact) mass is 261 g/mol. The Labute approximate surface area is 105 Å². The van der Waals surface area contributed by atoms with Crippen LogP contribution in [0.3, 0.4) is 0 Å². The molecule has 17 heavy (non-hydrogen) atoms. The van der Waals surface area contributed by atoms with Gasteiger partial charge in [-0.25, -0.2) is 4.68 Å². The van der Waals surface area contributed by atoms with Gasteiger partial charge in [-0.1, -0.05) is 11.8 Å². The van der Waals surface area contributed by atoms with Crippen LogP contribution in [0.25, 0.3) is 0 Å². The molecule has 0 saturated heterocycles. The van der Waals surface area contributed by atoms with Gasteiger partial charge >= 0.3 is 0 Å². The van der Waals surface area contributed by atoms with E-state index < -0.39 is 0 Å². The van der Waals surface area contributed by atoms with Gasteiger partial charge in [0.1, 0.15) is 0 Å². The van der Waals surface area contributed by atoms with Crippen molar-refractivity contribution in [2.45, 2.75) is 18.0 Å². The van der Waals surface area contributed by atoms with E-state index in [9.17, 15) is 0 Å². The van der Waals surface area contributed by atoms with Gasteiger partial charge in [-0.05, 0) is 24.5 Å². The van der Waals surface area contributed by atoms with E-state index in [1.165, 1.54) is 0 Å². The lowest BCUT2D eigenvalue weighted by Gasteiger charge is -2.13. The minimum Gasteiger partial charge on any atom is -0.354 e. The molecular weight excluding hydrogens is 242 g/mol. The van der Waals surface area contributed by atoms with Crippen LogP contribution in [-0.2, 0) is 16.0 Å². The van der Waals surface area contributed by atoms with E-state index in [1.54, 1.807) is 30.7 Å². The summed E-state index contributed by atoms with van der Waals surface area (Å²) in [5, 5.41) is 12.3. The highest BCUT2D eigenvalue weighted by Crippen LogP contribution is 2.14. The molecule has 0 saturated carbocycles. The number of methoxy groups -OCH3 is 2. The summed E-state index contributed by atoms with van der Waals surface area (Å²) in [5.74, 6) is 0.942. The molecule has 0 spiro atoms. The van der Waals surface area contributed by atoms with E-state index in [0.717, 1.165) is 17.5 Å². The van der Waals surface area contributed by atoms with E-state index in [4.69, 9.17) is 9.47 Å². The van der Waals surface area contributed by atoms with Gasteiger partial charge in [-0.15, -0.1) is 5.10 Å². The van der Waals surface area contributed by atoms with Gasteiger partial charge in [0.25, 0.3) is 0 Å². The van der Waals surface area contributed by atoms with E-state index in [2.05, 4.69) is 20.4 Å². The van der Waals surface area contributed by atoms with E-state index in [0.29, 0.717) is 6.54 Å².